The fourth-order valence-electron chi connectivity index (χ4n) is 2.86. The van der Waals surface area contributed by atoms with E-state index in [1.54, 1.807) is 0 Å². The molecule has 0 saturated carbocycles. The topological polar surface area (TPSA) is 15.3 Å². The van der Waals surface area contributed by atoms with E-state index in [9.17, 15) is 13.2 Å². The summed E-state index contributed by atoms with van der Waals surface area (Å²) >= 11 is 0. The summed E-state index contributed by atoms with van der Waals surface area (Å²) < 4.78 is 37.5. The first-order valence-electron chi connectivity index (χ1n) is 7.65. The second-order valence-electron chi connectivity index (χ2n) is 5.56. The molecular formula is C16H23F3N2. The van der Waals surface area contributed by atoms with E-state index < -0.39 is 12.6 Å². The van der Waals surface area contributed by atoms with Crippen LogP contribution in [0.1, 0.15) is 44.2 Å². The number of hydrogen-bond donors (Lipinski definition) is 1. The maximum Gasteiger partial charge on any atom is 0.390 e. The van der Waals surface area contributed by atoms with Crippen LogP contribution in [-0.4, -0.2) is 25.8 Å². The van der Waals surface area contributed by atoms with Crippen LogP contribution >= 0.6 is 0 Å². The minimum absolute atomic E-state index is 0.0427. The van der Waals surface area contributed by atoms with E-state index in [1.807, 2.05) is 29.2 Å². The molecule has 5 heteroatoms. The van der Waals surface area contributed by atoms with Crippen molar-refractivity contribution in [2.24, 2.45) is 0 Å². The lowest BCUT2D eigenvalue weighted by Gasteiger charge is -2.26. The minimum atomic E-state index is -4.10. The summed E-state index contributed by atoms with van der Waals surface area (Å²) in [6, 6.07) is 8.10. The molecule has 1 aromatic rings. The highest BCUT2D eigenvalue weighted by molar-refractivity contribution is 5.55. The Labute approximate surface area is 124 Å². The van der Waals surface area contributed by atoms with E-state index in [-0.39, 0.29) is 12.6 Å². The Morgan fingerprint density at radius 1 is 1.29 bits per heavy atom. The number of benzene rings is 1. The molecule has 0 amide bonds. The Morgan fingerprint density at radius 3 is 2.76 bits per heavy atom. The normalized spacial score (nSPS) is 19.2. The molecule has 0 fully saturated rings. The SMILES string of the molecule is CCCNC1CCCN(CCC(F)(F)F)c2ccccc21. The van der Waals surface area contributed by atoms with Crippen LogP contribution in [0.3, 0.4) is 0 Å². The van der Waals surface area contributed by atoms with Gasteiger partial charge in [0.05, 0.1) is 6.42 Å². The summed E-state index contributed by atoms with van der Waals surface area (Å²) in [5, 5.41) is 3.51. The molecule has 1 unspecified atom stereocenters. The van der Waals surface area contributed by atoms with Gasteiger partial charge >= 0.3 is 6.18 Å². The molecule has 118 valence electrons. The molecule has 1 atom stereocenters. The molecular weight excluding hydrogens is 277 g/mol. The van der Waals surface area contributed by atoms with Crippen molar-refractivity contribution in [2.75, 3.05) is 24.5 Å². The van der Waals surface area contributed by atoms with Crippen LogP contribution in [0.4, 0.5) is 18.9 Å². The van der Waals surface area contributed by atoms with Crippen LogP contribution in [0, 0.1) is 0 Å². The summed E-state index contributed by atoms with van der Waals surface area (Å²) in [6.45, 7) is 3.78. The fraction of sp³-hybridized carbons (Fsp3) is 0.625. The van der Waals surface area contributed by atoms with Crippen molar-refractivity contribution in [3.8, 4) is 0 Å². The van der Waals surface area contributed by atoms with Gasteiger partial charge in [0.1, 0.15) is 0 Å². The van der Waals surface area contributed by atoms with Gasteiger partial charge in [0.25, 0.3) is 0 Å². The van der Waals surface area contributed by atoms with Crippen LogP contribution < -0.4 is 10.2 Å². The molecule has 2 rings (SSSR count). The smallest absolute Gasteiger partial charge is 0.371 e. The maximum atomic E-state index is 12.5. The van der Waals surface area contributed by atoms with E-state index in [4.69, 9.17) is 0 Å². The number of alkyl halides is 3. The molecule has 1 heterocycles. The quantitative estimate of drug-likeness (QED) is 0.873. The number of nitrogens with zero attached hydrogens (tertiary/aromatic N) is 1. The summed E-state index contributed by atoms with van der Waals surface area (Å²) in [6.07, 6.45) is -1.92. The number of rotatable bonds is 5. The molecule has 21 heavy (non-hydrogen) atoms. The van der Waals surface area contributed by atoms with Crippen molar-refractivity contribution in [3.63, 3.8) is 0 Å². The number of nitrogens with one attached hydrogen (secondary N) is 1. The number of para-hydroxylation sites is 1. The molecule has 1 aromatic carbocycles. The number of anilines is 1. The first-order valence-corrected chi connectivity index (χ1v) is 7.65. The van der Waals surface area contributed by atoms with Crippen molar-refractivity contribution in [1.29, 1.82) is 0 Å². The highest BCUT2D eigenvalue weighted by Gasteiger charge is 2.29. The molecule has 1 N–H and O–H groups in total. The predicted molar refractivity (Wildman–Crippen MR) is 79.6 cm³/mol. The first-order chi connectivity index (χ1) is 10.0. The lowest BCUT2D eigenvalue weighted by atomic mass is 10.0. The second kappa shape index (κ2) is 7.16. The summed E-state index contributed by atoms with van der Waals surface area (Å²) in [7, 11) is 0. The van der Waals surface area contributed by atoms with Gasteiger partial charge in [-0.25, -0.2) is 0 Å². The van der Waals surface area contributed by atoms with Gasteiger partial charge in [0, 0.05) is 24.8 Å². The van der Waals surface area contributed by atoms with Gasteiger partial charge in [0.2, 0.25) is 0 Å². The second-order valence-corrected chi connectivity index (χ2v) is 5.56. The molecule has 0 aliphatic carbocycles. The molecule has 1 aliphatic heterocycles. The Bertz CT molecular complexity index is 445. The average molecular weight is 300 g/mol. The third-order valence-electron chi connectivity index (χ3n) is 3.88. The van der Waals surface area contributed by atoms with Crippen LogP contribution in [0.5, 0.6) is 0 Å². The zero-order valence-corrected chi connectivity index (χ0v) is 12.4. The highest BCUT2D eigenvalue weighted by Crippen LogP contribution is 2.33. The summed E-state index contributed by atoms with van der Waals surface area (Å²) in [5.41, 5.74) is 2.08. The van der Waals surface area contributed by atoms with E-state index in [1.165, 1.54) is 0 Å². The van der Waals surface area contributed by atoms with E-state index in [0.29, 0.717) is 6.54 Å². The van der Waals surface area contributed by atoms with Crippen molar-refractivity contribution in [1.82, 2.24) is 5.32 Å². The fourth-order valence-corrected chi connectivity index (χ4v) is 2.86. The molecule has 0 bridgehead atoms. The predicted octanol–water partition coefficient (Wildman–Crippen LogP) is 4.28. The molecule has 2 nitrogen and oxygen atoms in total. The van der Waals surface area contributed by atoms with Gasteiger partial charge in [-0.3, -0.25) is 0 Å². The molecule has 0 radical (unpaired) electrons. The van der Waals surface area contributed by atoms with Crippen molar-refractivity contribution < 1.29 is 13.2 Å². The molecule has 0 aromatic heterocycles. The van der Waals surface area contributed by atoms with Gasteiger partial charge < -0.3 is 10.2 Å². The standard InChI is InChI=1S/C16H23F3N2/c1-2-10-20-14-7-5-11-21(12-9-16(17,18)19)15-8-4-3-6-13(14)15/h3-4,6,8,14,20H,2,5,7,9-12H2,1H3. The van der Waals surface area contributed by atoms with Crippen molar-refractivity contribution in [3.05, 3.63) is 29.8 Å². The molecule has 0 spiro atoms. The summed E-state index contributed by atoms with van der Waals surface area (Å²) in [4.78, 5) is 1.89. The van der Waals surface area contributed by atoms with Crippen LogP contribution in [0.15, 0.2) is 24.3 Å². The third kappa shape index (κ3) is 4.63. The maximum absolute atomic E-state index is 12.5. The minimum Gasteiger partial charge on any atom is -0.371 e. The zero-order chi connectivity index (χ0) is 15.3. The summed E-state index contributed by atoms with van der Waals surface area (Å²) in [5.74, 6) is 0. The Balaban J connectivity index is 2.16. The lowest BCUT2D eigenvalue weighted by Crippen LogP contribution is -2.29. The first kappa shape index (κ1) is 16.1. The number of halogens is 3. The Morgan fingerprint density at radius 2 is 2.05 bits per heavy atom. The van der Waals surface area contributed by atoms with Crippen LogP contribution in [0.2, 0.25) is 0 Å². The van der Waals surface area contributed by atoms with Crippen molar-refractivity contribution >= 4 is 5.69 Å². The van der Waals surface area contributed by atoms with Crippen molar-refractivity contribution in [2.45, 2.75) is 44.8 Å². The van der Waals surface area contributed by atoms with Gasteiger partial charge in [-0.1, -0.05) is 25.1 Å². The van der Waals surface area contributed by atoms with Gasteiger partial charge in [-0.05, 0) is 37.4 Å². The molecule has 1 aliphatic rings. The number of fused-ring (bicyclic) bond motifs is 1. The highest BCUT2D eigenvalue weighted by atomic mass is 19.4. The van der Waals surface area contributed by atoms with E-state index in [2.05, 4.69) is 12.2 Å². The van der Waals surface area contributed by atoms with Crippen LogP contribution in [0.25, 0.3) is 0 Å². The van der Waals surface area contributed by atoms with E-state index >= 15 is 0 Å². The van der Waals surface area contributed by atoms with Crippen LogP contribution in [-0.2, 0) is 0 Å². The number of hydrogen-bond acceptors (Lipinski definition) is 2. The average Bonchev–Trinajstić information content (AvgIpc) is 2.62. The van der Waals surface area contributed by atoms with Gasteiger partial charge in [0.15, 0.2) is 0 Å². The Kier molecular flexibility index (Phi) is 5.51. The zero-order valence-electron chi connectivity index (χ0n) is 12.4. The van der Waals surface area contributed by atoms with Gasteiger partial charge in [-0.15, -0.1) is 0 Å². The molecule has 0 saturated heterocycles. The lowest BCUT2D eigenvalue weighted by molar-refractivity contribution is -0.132. The largest absolute Gasteiger partial charge is 0.390 e. The third-order valence-corrected chi connectivity index (χ3v) is 3.88. The monoisotopic (exact) mass is 300 g/mol. The van der Waals surface area contributed by atoms with Gasteiger partial charge in [-0.2, -0.15) is 13.2 Å². The van der Waals surface area contributed by atoms with E-state index in [0.717, 1.165) is 37.1 Å². The Hall–Kier alpha value is -1.23.